The number of nitrogens with two attached hydrogens (primary N) is 1. The second-order valence-electron chi connectivity index (χ2n) is 4.50. The Bertz CT molecular complexity index is 440. The van der Waals surface area contributed by atoms with E-state index in [1.807, 2.05) is 0 Å². The average molecular weight is 250 g/mol. The van der Waals surface area contributed by atoms with Crippen molar-refractivity contribution >= 4 is 17.3 Å². The highest BCUT2D eigenvalue weighted by molar-refractivity contribution is 5.95. The molecule has 1 aromatic carbocycles. The van der Waals surface area contributed by atoms with Gasteiger partial charge in [-0.1, -0.05) is 0 Å². The lowest BCUT2D eigenvalue weighted by Crippen LogP contribution is -2.37. The molecule has 0 amide bonds. The van der Waals surface area contributed by atoms with Crippen molar-refractivity contribution in [3.63, 3.8) is 0 Å². The third kappa shape index (κ3) is 2.56. The number of carboxylic acid groups (broad SMARTS) is 1. The number of carbonyl (C=O) groups is 1. The fourth-order valence-corrected chi connectivity index (χ4v) is 2.32. The number of rotatable bonds is 3. The molecule has 1 heterocycles. The van der Waals surface area contributed by atoms with E-state index >= 15 is 0 Å². The number of benzene rings is 1. The van der Waals surface area contributed by atoms with Crippen molar-refractivity contribution in [2.75, 3.05) is 30.8 Å². The van der Waals surface area contributed by atoms with E-state index in [2.05, 4.69) is 4.90 Å². The van der Waals surface area contributed by atoms with Crippen LogP contribution in [0.1, 0.15) is 23.2 Å². The topological polar surface area (TPSA) is 75.8 Å². The first-order valence-electron chi connectivity index (χ1n) is 6.02. The fraction of sp³-hybridized carbons (Fsp3) is 0.462. The second kappa shape index (κ2) is 5.27. The summed E-state index contributed by atoms with van der Waals surface area (Å²) in [6, 6.07) is 4.92. The van der Waals surface area contributed by atoms with Crippen LogP contribution in [0.4, 0.5) is 11.4 Å². The maximum atomic E-state index is 11.2. The van der Waals surface area contributed by atoms with Gasteiger partial charge >= 0.3 is 5.97 Å². The molecule has 0 bridgehead atoms. The van der Waals surface area contributed by atoms with Crippen LogP contribution in [0.25, 0.3) is 0 Å². The van der Waals surface area contributed by atoms with E-state index < -0.39 is 5.97 Å². The molecular formula is C13H18N2O3. The molecule has 0 spiro atoms. The minimum Gasteiger partial charge on any atom is -0.478 e. The Morgan fingerprint density at radius 1 is 1.44 bits per heavy atom. The Balaban J connectivity index is 2.22. The lowest BCUT2D eigenvalue weighted by molar-refractivity contribution is 0.0696. The van der Waals surface area contributed by atoms with Gasteiger partial charge < -0.3 is 20.5 Å². The maximum absolute atomic E-state index is 11.2. The molecular weight excluding hydrogens is 232 g/mol. The first-order chi connectivity index (χ1) is 8.61. The summed E-state index contributed by atoms with van der Waals surface area (Å²) in [5, 5.41) is 9.19. The number of carboxylic acids is 1. The van der Waals surface area contributed by atoms with Crippen molar-refractivity contribution in [1.82, 2.24) is 0 Å². The monoisotopic (exact) mass is 250 g/mol. The number of methoxy groups -OCH3 is 1. The summed E-state index contributed by atoms with van der Waals surface area (Å²) in [6.45, 7) is 1.59. The number of anilines is 2. The van der Waals surface area contributed by atoms with Crippen molar-refractivity contribution in [2.45, 2.75) is 18.9 Å². The Morgan fingerprint density at radius 3 is 2.67 bits per heavy atom. The molecule has 0 unspecified atom stereocenters. The smallest absolute Gasteiger partial charge is 0.337 e. The number of nitrogen functional groups attached to an aromatic ring is 1. The van der Waals surface area contributed by atoms with Crippen molar-refractivity contribution in [3.8, 4) is 0 Å². The largest absolute Gasteiger partial charge is 0.478 e. The number of hydrogen-bond acceptors (Lipinski definition) is 4. The summed E-state index contributed by atoms with van der Waals surface area (Å²) in [5.74, 6) is -0.918. The standard InChI is InChI=1S/C13H18N2O3/c1-18-10-4-6-15(7-5-10)12-8-9(14)2-3-11(12)13(16)17/h2-3,8,10H,4-7,14H2,1H3,(H,16,17). The zero-order chi connectivity index (χ0) is 13.1. The van der Waals surface area contributed by atoms with Gasteiger partial charge in [0.05, 0.1) is 17.4 Å². The molecule has 5 heteroatoms. The Labute approximate surface area is 106 Å². The van der Waals surface area contributed by atoms with Crippen molar-refractivity contribution in [2.24, 2.45) is 0 Å². The zero-order valence-corrected chi connectivity index (χ0v) is 10.4. The van der Waals surface area contributed by atoms with Crippen molar-refractivity contribution in [3.05, 3.63) is 23.8 Å². The number of hydrogen-bond donors (Lipinski definition) is 2. The third-order valence-corrected chi connectivity index (χ3v) is 3.37. The molecule has 1 fully saturated rings. The van der Waals surface area contributed by atoms with Gasteiger partial charge in [-0.25, -0.2) is 4.79 Å². The summed E-state index contributed by atoms with van der Waals surface area (Å²) in [5.41, 5.74) is 7.34. The van der Waals surface area contributed by atoms with Gasteiger partial charge in [0.15, 0.2) is 0 Å². The minimum absolute atomic E-state index is 0.274. The number of ether oxygens (including phenoxy) is 1. The summed E-state index contributed by atoms with van der Waals surface area (Å²) in [4.78, 5) is 13.3. The first kappa shape index (κ1) is 12.7. The highest BCUT2D eigenvalue weighted by Crippen LogP contribution is 2.27. The normalized spacial score (nSPS) is 16.8. The van der Waals surface area contributed by atoms with Gasteiger partial charge in [0.2, 0.25) is 0 Å². The maximum Gasteiger partial charge on any atom is 0.337 e. The molecule has 0 atom stereocenters. The molecule has 5 nitrogen and oxygen atoms in total. The SMILES string of the molecule is COC1CCN(c2cc(N)ccc2C(=O)O)CC1. The number of piperidine rings is 1. The molecule has 1 aromatic rings. The molecule has 3 N–H and O–H groups in total. The molecule has 18 heavy (non-hydrogen) atoms. The molecule has 2 rings (SSSR count). The van der Waals surface area contributed by atoms with Gasteiger partial charge in [-0.15, -0.1) is 0 Å². The van der Waals surface area contributed by atoms with E-state index in [1.54, 1.807) is 25.3 Å². The molecule has 1 saturated heterocycles. The predicted octanol–water partition coefficient (Wildman–Crippen LogP) is 1.58. The van der Waals surface area contributed by atoms with Gasteiger partial charge in [-0.3, -0.25) is 0 Å². The highest BCUT2D eigenvalue weighted by atomic mass is 16.5. The van der Waals surface area contributed by atoms with Crippen LogP contribution in [0.15, 0.2) is 18.2 Å². The van der Waals surface area contributed by atoms with Crippen LogP contribution in [0.3, 0.4) is 0 Å². The van der Waals surface area contributed by atoms with E-state index in [0.717, 1.165) is 25.9 Å². The molecule has 0 aromatic heterocycles. The fourth-order valence-electron chi connectivity index (χ4n) is 2.32. The highest BCUT2D eigenvalue weighted by Gasteiger charge is 2.22. The van der Waals surface area contributed by atoms with Gasteiger partial charge in [0, 0.05) is 25.9 Å². The quantitative estimate of drug-likeness (QED) is 0.797. The zero-order valence-electron chi connectivity index (χ0n) is 10.4. The van der Waals surface area contributed by atoms with Gasteiger partial charge in [0.1, 0.15) is 0 Å². The van der Waals surface area contributed by atoms with Gasteiger partial charge in [-0.05, 0) is 31.0 Å². The van der Waals surface area contributed by atoms with Crippen LogP contribution in [0.5, 0.6) is 0 Å². The second-order valence-corrected chi connectivity index (χ2v) is 4.50. The van der Waals surface area contributed by atoms with E-state index in [-0.39, 0.29) is 6.10 Å². The lowest BCUT2D eigenvalue weighted by atomic mass is 10.0. The Kier molecular flexibility index (Phi) is 3.72. The average Bonchev–Trinajstić information content (AvgIpc) is 2.38. The molecule has 1 aliphatic rings. The molecule has 98 valence electrons. The number of aromatic carboxylic acids is 1. The van der Waals surface area contributed by atoms with Crippen molar-refractivity contribution < 1.29 is 14.6 Å². The van der Waals surface area contributed by atoms with E-state index in [9.17, 15) is 9.90 Å². The van der Waals surface area contributed by atoms with E-state index in [1.165, 1.54) is 0 Å². The van der Waals surface area contributed by atoms with Crippen LogP contribution < -0.4 is 10.6 Å². The van der Waals surface area contributed by atoms with Gasteiger partial charge in [-0.2, -0.15) is 0 Å². The summed E-state index contributed by atoms with van der Waals surface area (Å²) >= 11 is 0. The Hall–Kier alpha value is -1.75. The molecule has 1 aliphatic heterocycles. The number of nitrogens with zero attached hydrogens (tertiary/aromatic N) is 1. The Morgan fingerprint density at radius 2 is 2.11 bits per heavy atom. The van der Waals surface area contributed by atoms with Crippen LogP contribution in [-0.4, -0.2) is 37.4 Å². The van der Waals surface area contributed by atoms with Crippen LogP contribution >= 0.6 is 0 Å². The molecule has 0 saturated carbocycles. The summed E-state index contributed by atoms with van der Waals surface area (Å²) in [6.07, 6.45) is 2.09. The van der Waals surface area contributed by atoms with E-state index in [0.29, 0.717) is 16.9 Å². The molecule has 0 aliphatic carbocycles. The summed E-state index contributed by atoms with van der Waals surface area (Å²) < 4.78 is 5.31. The van der Waals surface area contributed by atoms with Crippen LogP contribution in [-0.2, 0) is 4.74 Å². The lowest BCUT2D eigenvalue weighted by Gasteiger charge is -2.33. The summed E-state index contributed by atoms with van der Waals surface area (Å²) in [7, 11) is 1.71. The van der Waals surface area contributed by atoms with Gasteiger partial charge in [0.25, 0.3) is 0 Å². The molecule has 0 radical (unpaired) electrons. The predicted molar refractivity (Wildman–Crippen MR) is 70.1 cm³/mol. The first-order valence-corrected chi connectivity index (χ1v) is 6.02. The van der Waals surface area contributed by atoms with Crippen LogP contribution in [0, 0.1) is 0 Å². The minimum atomic E-state index is -0.918. The third-order valence-electron chi connectivity index (χ3n) is 3.37. The van der Waals surface area contributed by atoms with Crippen LogP contribution in [0.2, 0.25) is 0 Å². The van der Waals surface area contributed by atoms with E-state index in [4.69, 9.17) is 10.5 Å². The van der Waals surface area contributed by atoms with Crippen molar-refractivity contribution in [1.29, 1.82) is 0 Å².